The molecule has 0 aromatic heterocycles. The largest absolute Gasteiger partial charge is 0.337 e. The van der Waals surface area contributed by atoms with Crippen molar-refractivity contribution < 1.29 is 13.2 Å². The van der Waals surface area contributed by atoms with Gasteiger partial charge in [-0.3, -0.25) is 4.79 Å². The van der Waals surface area contributed by atoms with Gasteiger partial charge in [0.1, 0.15) is 0 Å². The van der Waals surface area contributed by atoms with E-state index < -0.39 is 15.3 Å². The number of piperidine rings is 1. The first-order chi connectivity index (χ1) is 9.70. The fraction of sp³-hybridized carbons (Fsp3) is 0.533. The van der Waals surface area contributed by atoms with E-state index in [1.54, 1.807) is 4.90 Å². The molecule has 2 N–H and O–H groups in total. The molecule has 116 valence electrons. The third-order valence-electron chi connectivity index (χ3n) is 4.02. The fourth-order valence-corrected chi connectivity index (χ4v) is 3.95. The summed E-state index contributed by atoms with van der Waals surface area (Å²) in [5, 5.41) is 4.57. The van der Waals surface area contributed by atoms with E-state index in [4.69, 9.17) is 5.14 Å². The standard InChI is InChI=1S/C15H22N2O3S/c1-10-7-11(2)14(12(3)8-10)15(18)17-6-4-5-13(9-17)21(16,19)20/h7-8,13H,4-6,9H2,1-3H3,(H2,16,19,20). The average Bonchev–Trinajstić information content (AvgIpc) is 2.36. The molecule has 1 aliphatic rings. The smallest absolute Gasteiger partial charge is 0.254 e. The SMILES string of the molecule is Cc1cc(C)c(C(=O)N2CCCC(S(N)(=O)=O)C2)c(C)c1. The van der Waals surface area contributed by atoms with E-state index in [1.165, 1.54) is 0 Å². The van der Waals surface area contributed by atoms with Crippen LogP contribution in [0.5, 0.6) is 0 Å². The molecule has 1 aromatic rings. The van der Waals surface area contributed by atoms with Gasteiger partial charge in [-0.1, -0.05) is 17.7 Å². The number of rotatable bonds is 2. The summed E-state index contributed by atoms with van der Waals surface area (Å²) in [7, 11) is -3.60. The lowest BCUT2D eigenvalue weighted by molar-refractivity contribution is 0.0725. The van der Waals surface area contributed by atoms with Crippen molar-refractivity contribution in [3.05, 3.63) is 34.4 Å². The Morgan fingerprint density at radius 3 is 2.33 bits per heavy atom. The first kappa shape index (κ1) is 16.0. The fourth-order valence-electron chi connectivity index (χ4n) is 3.07. The van der Waals surface area contributed by atoms with Gasteiger partial charge in [0.05, 0.1) is 5.25 Å². The summed E-state index contributed by atoms with van der Waals surface area (Å²) in [6.45, 7) is 6.58. The maximum absolute atomic E-state index is 12.7. The summed E-state index contributed by atoms with van der Waals surface area (Å²) in [6.07, 6.45) is 1.19. The molecule has 6 heteroatoms. The molecule has 1 amide bonds. The molecule has 0 bridgehead atoms. The molecular weight excluding hydrogens is 288 g/mol. The molecule has 1 atom stereocenters. The highest BCUT2D eigenvalue weighted by molar-refractivity contribution is 7.89. The van der Waals surface area contributed by atoms with Gasteiger partial charge in [-0.2, -0.15) is 0 Å². The second-order valence-electron chi connectivity index (χ2n) is 5.88. The lowest BCUT2D eigenvalue weighted by Gasteiger charge is -2.32. The summed E-state index contributed by atoms with van der Waals surface area (Å²) in [5.41, 5.74) is 3.64. The van der Waals surface area contributed by atoms with E-state index in [1.807, 2.05) is 32.9 Å². The van der Waals surface area contributed by atoms with Gasteiger partial charge >= 0.3 is 0 Å². The molecule has 1 unspecified atom stereocenters. The first-order valence-corrected chi connectivity index (χ1v) is 8.70. The average molecular weight is 310 g/mol. The minimum absolute atomic E-state index is 0.0987. The predicted molar refractivity (Wildman–Crippen MR) is 82.7 cm³/mol. The van der Waals surface area contributed by atoms with Crippen LogP contribution in [0.25, 0.3) is 0 Å². The number of carbonyl (C=O) groups excluding carboxylic acids is 1. The van der Waals surface area contributed by atoms with Gasteiger partial charge in [-0.15, -0.1) is 0 Å². The van der Waals surface area contributed by atoms with Crippen LogP contribution in [0.3, 0.4) is 0 Å². The number of benzene rings is 1. The Balaban J connectivity index is 2.28. The third-order valence-corrected chi connectivity index (χ3v) is 5.33. The van der Waals surface area contributed by atoms with Crippen LogP contribution in [-0.2, 0) is 10.0 Å². The number of nitrogens with zero attached hydrogens (tertiary/aromatic N) is 1. The van der Waals surface area contributed by atoms with Crippen molar-refractivity contribution >= 4 is 15.9 Å². The van der Waals surface area contributed by atoms with Crippen molar-refractivity contribution in [2.24, 2.45) is 5.14 Å². The van der Waals surface area contributed by atoms with Gasteiger partial charge in [-0.25, -0.2) is 13.6 Å². The van der Waals surface area contributed by atoms with Crippen molar-refractivity contribution in [2.45, 2.75) is 38.9 Å². The summed E-state index contributed by atoms with van der Waals surface area (Å²) in [5.74, 6) is -0.0987. The number of nitrogens with two attached hydrogens (primary N) is 1. The van der Waals surface area contributed by atoms with Crippen LogP contribution >= 0.6 is 0 Å². The van der Waals surface area contributed by atoms with Gasteiger partial charge in [-0.05, 0) is 44.7 Å². The summed E-state index contributed by atoms with van der Waals surface area (Å²) < 4.78 is 23.0. The van der Waals surface area contributed by atoms with Gasteiger partial charge < -0.3 is 4.90 Å². The van der Waals surface area contributed by atoms with E-state index in [0.29, 0.717) is 24.9 Å². The zero-order chi connectivity index (χ0) is 15.8. The van der Waals surface area contributed by atoms with Gasteiger partial charge in [0, 0.05) is 18.7 Å². The molecule has 0 radical (unpaired) electrons. The Hall–Kier alpha value is -1.40. The highest BCUT2D eigenvalue weighted by Gasteiger charge is 2.31. The molecular formula is C15H22N2O3S. The van der Waals surface area contributed by atoms with Crippen LogP contribution in [0.1, 0.15) is 39.9 Å². The lowest BCUT2D eigenvalue weighted by atomic mass is 9.98. The minimum atomic E-state index is -3.60. The molecule has 5 nitrogen and oxygen atoms in total. The topological polar surface area (TPSA) is 80.5 Å². The minimum Gasteiger partial charge on any atom is -0.337 e. The number of aryl methyl sites for hydroxylation is 3. The van der Waals surface area contributed by atoms with Crippen LogP contribution in [0.2, 0.25) is 0 Å². The van der Waals surface area contributed by atoms with Gasteiger partial charge in [0.15, 0.2) is 0 Å². The Labute approximate surface area is 126 Å². The van der Waals surface area contributed by atoms with Crippen molar-refractivity contribution in [2.75, 3.05) is 13.1 Å². The van der Waals surface area contributed by atoms with Crippen LogP contribution < -0.4 is 5.14 Å². The Morgan fingerprint density at radius 2 is 1.81 bits per heavy atom. The normalized spacial score (nSPS) is 19.6. The Kier molecular flexibility index (Phi) is 4.39. The van der Waals surface area contributed by atoms with Crippen molar-refractivity contribution in [3.63, 3.8) is 0 Å². The van der Waals surface area contributed by atoms with Crippen molar-refractivity contribution in [3.8, 4) is 0 Å². The number of hydrogen-bond acceptors (Lipinski definition) is 3. The summed E-state index contributed by atoms with van der Waals surface area (Å²) in [6, 6.07) is 3.95. The zero-order valence-corrected chi connectivity index (χ0v) is 13.5. The molecule has 21 heavy (non-hydrogen) atoms. The molecule has 0 aliphatic carbocycles. The van der Waals surface area contributed by atoms with E-state index in [9.17, 15) is 13.2 Å². The molecule has 1 aliphatic heterocycles. The number of carbonyl (C=O) groups is 1. The van der Waals surface area contributed by atoms with Crippen molar-refractivity contribution in [1.82, 2.24) is 4.90 Å². The highest BCUT2D eigenvalue weighted by Crippen LogP contribution is 2.22. The third kappa shape index (κ3) is 3.44. The molecule has 1 heterocycles. The Morgan fingerprint density at radius 1 is 1.24 bits per heavy atom. The molecule has 1 saturated heterocycles. The van der Waals surface area contributed by atoms with Crippen LogP contribution in [0.15, 0.2) is 12.1 Å². The van der Waals surface area contributed by atoms with Crippen LogP contribution in [0, 0.1) is 20.8 Å². The second-order valence-corrected chi connectivity index (χ2v) is 7.72. The number of amides is 1. The lowest BCUT2D eigenvalue weighted by Crippen LogP contribution is -2.47. The highest BCUT2D eigenvalue weighted by atomic mass is 32.2. The second kappa shape index (κ2) is 5.77. The van der Waals surface area contributed by atoms with E-state index in [2.05, 4.69) is 0 Å². The number of sulfonamides is 1. The quantitative estimate of drug-likeness (QED) is 0.899. The van der Waals surface area contributed by atoms with Crippen LogP contribution in [0.4, 0.5) is 0 Å². The summed E-state index contributed by atoms with van der Waals surface area (Å²) >= 11 is 0. The molecule has 1 aromatic carbocycles. The number of likely N-dealkylation sites (tertiary alicyclic amines) is 1. The maximum Gasteiger partial charge on any atom is 0.254 e. The molecule has 2 rings (SSSR count). The molecule has 0 spiro atoms. The van der Waals surface area contributed by atoms with Gasteiger partial charge in [0.25, 0.3) is 5.91 Å². The van der Waals surface area contributed by atoms with E-state index >= 15 is 0 Å². The molecule has 0 saturated carbocycles. The predicted octanol–water partition coefficient (Wildman–Crippen LogP) is 1.50. The monoisotopic (exact) mass is 310 g/mol. The van der Waals surface area contributed by atoms with Crippen molar-refractivity contribution in [1.29, 1.82) is 0 Å². The zero-order valence-electron chi connectivity index (χ0n) is 12.7. The Bertz CT molecular complexity index is 644. The summed E-state index contributed by atoms with van der Waals surface area (Å²) in [4.78, 5) is 14.3. The van der Waals surface area contributed by atoms with E-state index in [0.717, 1.165) is 16.7 Å². The number of hydrogen-bond donors (Lipinski definition) is 1. The maximum atomic E-state index is 12.7. The van der Waals surface area contributed by atoms with Gasteiger partial charge in [0.2, 0.25) is 10.0 Å². The van der Waals surface area contributed by atoms with E-state index in [-0.39, 0.29) is 12.5 Å². The number of primary sulfonamides is 1. The molecule has 1 fully saturated rings. The van der Waals surface area contributed by atoms with Crippen LogP contribution in [-0.4, -0.2) is 37.6 Å². The first-order valence-electron chi connectivity index (χ1n) is 7.09.